The third kappa shape index (κ3) is 3.37. The third-order valence-corrected chi connectivity index (χ3v) is 4.08. The zero-order valence-electron chi connectivity index (χ0n) is 14.0. The molecule has 0 fully saturated rings. The number of fused-ring (bicyclic) bond motifs is 1. The first-order valence-corrected chi connectivity index (χ1v) is 7.69. The number of H-pyrrole nitrogens is 1. The van der Waals surface area contributed by atoms with Crippen molar-refractivity contribution in [1.29, 1.82) is 0 Å². The van der Waals surface area contributed by atoms with Crippen LogP contribution in [-0.4, -0.2) is 40.7 Å². The molecule has 2 aromatic heterocycles. The van der Waals surface area contributed by atoms with Gasteiger partial charge in [-0.2, -0.15) is 0 Å². The largest absolute Gasteiger partial charge is 0.497 e. The summed E-state index contributed by atoms with van der Waals surface area (Å²) >= 11 is 0. The van der Waals surface area contributed by atoms with Crippen molar-refractivity contribution in [2.75, 3.05) is 20.7 Å². The van der Waals surface area contributed by atoms with Crippen molar-refractivity contribution in [3.05, 3.63) is 41.0 Å². The van der Waals surface area contributed by atoms with Gasteiger partial charge in [-0.05, 0) is 33.0 Å². The molecule has 0 bridgehead atoms. The van der Waals surface area contributed by atoms with Crippen LogP contribution in [0.15, 0.2) is 22.7 Å². The number of likely N-dealkylation sites (N-methyl/N-ethyl adjacent to an activating group) is 1. The average molecular weight is 314 g/mol. The Morgan fingerprint density at radius 3 is 2.83 bits per heavy atom. The Hall–Kier alpha value is -2.34. The summed E-state index contributed by atoms with van der Waals surface area (Å²) in [6.45, 7) is 5.67. The molecule has 1 N–H and O–H groups in total. The average Bonchev–Trinajstić information content (AvgIpc) is 3.09. The SMILES string of the molecule is COc1ccc2nc(CCN(C)Cc3c(C)noc3C)[nH]c2c1. The Bertz CT molecular complexity index is 787. The predicted molar refractivity (Wildman–Crippen MR) is 88.7 cm³/mol. The van der Waals surface area contributed by atoms with Crippen molar-refractivity contribution in [3.8, 4) is 5.75 Å². The maximum Gasteiger partial charge on any atom is 0.138 e. The fourth-order valence-electron chi connectivity index (χ4n) is 2.66. The minimum atomic E-state index is 0.829. The molecule has 0 saturated heterocycles. The van der Waals surface area contributed by atoms with Crippen molar-refractivity contribution in [2.24, 2.45) is 0 Å². The van der Waals surface area contributed by atoms with Gasteiger partial charge in [0.25, 0.3) is 0 Å². The summed E-state index contributed by atoms with van der Waals surface area (Å²) in [5, 5.41) is 4.00. The first-order chi connectivity index (χ1) is 11.1. The standard InChI is InChI=1S/C17H22N4O2/c1-11-14(12(2)23-20-11)10-21(3)8-7-17-18-15-6-5-13(22-4)9-16(15)19-17/h5-6,9H,7-8,10H2,1-4H3,(H,18,19). The second-order valence-corrected chi connectivity index (χ2v) is 5.86. The van der Waals surface area contributed by atoms with Crippen LogP contribution in [0.2, 0.25) is 0 Å². The zero-order chi connectivity index (χ0) is 16.4. The van der Waals surface area contributed by atoms with Gasteiger partial charge in [-0.3, -0.25) is 0 Å². The van der Waals surface area contributed by atoms with Crippen LogP contribution >= 0.6 is 0 Å². The number of nitrogens with zero attached hydrogens (tertiary/aromatic N) is 3. The van der Waals surface area contributed by atoms with Gasteiger partial charge in [-0.1, -0.05) is 5.16 Å². The van der Waals surface area contributed by atoms with E-state index >= 15 is 0 Å². The fraction of sp³-hybridized carbons (Fsp3) is 0.412. The van der Waals surface area contributed by atoms with Crippen LogP contribution in [0.5, 0.6) is 5.75 Å². The van der Waals surface area contributed by atoms with Crippen molar-refractivity contribution in [3.63, 3.8) is 0 Å². The van der Waals surface area contributed by atoms with Crippen LogP contribution in [0.3, 0.4) is 0 Å². The molecule has 0 spiro atoms. The molecule has 3 aromatic rings. The van der Waals surface area contributed by atoms with E-state index in [-0.39, 0.29) is 0 Å². The van der Waals surface area contributed by atoms with Gasteiger partial charge in [-0.25, -0.2) is 4.98 Å². The summed E-state index contributed by atoms with van der Waals surface area (Å²) in [5.41, 5.74) is 4.11. The van der Waals surface area contributed by atoms with Crippen LogP contribution < -0.4 is 4.74 Å². The van der Waals surface area contributed by atoms with E-state index in [2.05, 4.69) is 27.1 Å². The Morgan fingerprint density at radius 1 is 1.30 bits per heavy atom. The van der Waals surface area contributed by atoms with Crippen molar-refractivity contribution < 1.29 is 9.26 Å². The number of nitrogens with one attached hydrogen (secondary N) is 1. The van der Waals surface area contributed by atoms with Gasteiger partial charge in [0.15, 0.2) is 0 Å². The molecule has 0 aliphatic heterocycles. The normalized spacial score (nSPS) is 11.5. The Kier molecular flexibility index (Phi) is 4.34. The second kappa shape index (κ2) is 6.42. The highest BCUT2D eigenvalue weighted by Crippen LogP contribution is 2.19. The number of hydrogen-bond donors (Lipinski definition) is 1. The van der Waals surface area contributed by atoms with E-state index in [1.54, 1.807) is 7.11 Å². The van der Waals surface area contributed by atoms with E-state index in [1.807, 2.05) is 32.0 Å². The quantitative estimate of drug-likeness (QED) is 0.758. The summed E-state index contributed by atoms with van der Waals surface area (Å²) in [5.74, 6) is 2.72. The summed E-state index contributed by atoms with van der Waals surface area (Å²) in [7, 11) is 3.76. The van der Waals surface area contributed by atoms with Gasteiger partial charge in [0.05, 0.1) is 23.8 Å². The maximum atomic E-state index is 5.24. The van der Waals surface area contributed by atoms with Crippen LogP contribution in [0, 0.1) is 13.8 Å². The van der Waals surface area contributed by atoms with E-state index in [0.717, 1.165) is 53.6 Å². The zero-order valence-corrected chi connectivity index (χ0v) is 14.0. The lowest BCUT2D eigenvalue weighted by molar-refractivity contribution is 0.324. The lowest BCUT2D eigenvalue weighted by Crippen LogP contribution is -2.21. The molecule has 0 unspecified atom stereocenters. The lowest BCUT2D eigenvalue weighted by Gasteiger charge is -2.15. The van der Waals surface area contributed by atoms with Crippen molar-refractivity contribution in [2.45, 2.75) is 26.8 Å². The highest BCUT2D eigenvalue weighted by molar-refractivity contribution is 5.76. The summed E-state index contributed by atoms with van der Waals surface area (Å²) in [6.07, 6.45) is 0.858. The topological polar surface area (TPSA) is 67.2 Å². The second-order valence-electron chi connectivity index (χ2n) is 5.86. The smallest absolute Gasteiger partial charge is 0.138 e. The predicted octanol–water partition coefficient (Wildman–Crippen LogP) is 2.85. The minimum absolute atomic E-state index is 0.829. The Balaban J connectivity index is 1.63. The summed E-state index contributed by atoms with van der Waals surface area (Å²) in [6, 6.07) is 5.87. The Labute approximate surface area is 135 Å². The van der Waals surface area contributed by atoms with E-state index in [0.29, 0.717) is 0 Å². The van der Waals surface area contributed by atoms with Crippen LogP contribution in [0.4, 0.5) is 0 Å². The molecule has 0 saturated carbocycles. The van der Waals surface area contributed by atoms with E-state index < -0.39 is 0 Å². The van der Waals surface area contributed by atoms with E-state index in [4.69, 9.17) is 9.26 Å². The highest BCUT2D eigenvalue weighted by atomic mass is 16.5. The fourth-order valence-corrected chi connectivity index (χ4v) is 2.66. The molecule has 3 rings (SSSR count). The number of aromatic nitrogens is 3. The molecule has 23 heavy (non-hydrogen) atoms. The molecule has 0 atom stereocenters. The molecule has 0 radical (unpaired) electrons. The van der Waals surface area contributed by atoms with Gasteiger partial charge in [0.2, 0.25) is 0 Å². The number of ether oxygens (including phenoxy) is 1. The molecule has 6 nitrogen and oxygen atoms in total. The third-order valence-electron chi connectivity index (χ3n) is 4.08. The summed E-state index contributed by atoms with van der Waals surface area (Å²) in [4.78, 5) is 10.2. The lowest BCUT2D eigenvalue weighted by atomic mass is 10.2. The molecule has 0 aliphatic rings. The monoisotopic (exact) mass is 314 g/mol. The van der Waals surface area contributed by atoms with Gasteiger partial charge < -0.3 is 19.1 Å². The number of imidazole rings is 1. The minimum Gasteiger partial charge on any atom is -0.497 e. The van der Waals surface area contributed by atoms with Crippen molar-refractivity contribution in [1.82, 2.24) is 20.0 Å². The van der Waals surface area contributed by atoms with Crippen LogP contribution in [0.25, 0.3) is 11.0 Å². The van der Waals surface area contributed by atoms with Gasteiger partial charge >= 0.3 is 0 Å². The molecule has 0 amide bonds. The van der Waals surface area contributed by atoms with Crippen LogP contribution in [-0.2, 0) is 13.0 Å². The first kappa shape index (κ1) is 15.6. The molecule has 0 aliphatic carbocycles. The maximum absolute atomic E-state index is 5.24. The van der Waals surface area contributed by atoms with Gasteiger partial charge in [0, 0.05) is 31.1 Å². The van der Waals surface area contributed by atoms with E-state index in [1.165, 1.54) is 5.56 Å². The number of aryl methyl sites for hydroxylation is 2. The number of hydrogen-bond acceptors (Lipinski definition) is 5. The molecule has 122 valence electrons. The van der Waals surface area contributed by atoms with Gasteiger partial charge in [0.1, 0.15) is 17.3 Å². The van der Waals surface area contributed by atoms with E-state index in [9.17, 15) is 0 Å². The highest BCUT2D eigenvalue weighted by Gasteiger charge is 2.12. The number of rotatable bonds is 6. The molecular weight excluding hydrogens is 292 g/mol. The first-order valence-electron chi connectivity index (χ1n) is 7.69. The van der Waals surface area contributed by atoms with Crippen molar-refractivity contribution >= 4 is 11.0 Å². The number of methoxy groups -OCH3 is 1. The Morgan fingerprint density at radius 2 is 2.13 bits per heavy atom. The molecule has 2 heterocycles. The number of benzene rings is 1. The summed E-state index contributed by atoms with van der Waals surface area (Å²) < 4.78 is 10.5. The van der Waals surface area contributed by atoms with Crippen LogP contribution in [0.1, 0.15) is 22.8 Å². The molecule has 1 aromatic carbocycles. The number of aromatic amines is 1. The molecule has 6 heteroatoms. The molecular formula is C17H22N4O2. The van der Waals surface area contributed by atoms with Gasteiger partial charge in [-0.15, -0.1) is 0 Å².